The highest BCUT2D eigenvalue weighted by Crippen LogP contribution is 2.53. The zero-order valence-corrected chi connectivity index (χ0v) is 60.4. The van der Waals surface area contributed by atoms with Crippen molar-refractivity contribution in [2.24, 2.45) is 5.41 Å². The minimum Gasteiger partial charge on any atom is -0.493 e. The number of unbranched alkanes of at least 4 members (excludes halogenated alkanes) is 6. The zero-order chi connectivity index (χ0) is 70.9. The molecule has 3 atom stereocenters. The largest absolute Gasteiger partial charge is 0.493 e. The number of aryl methyl sites for hydroxylation is 2. The van der Waals surface area contributed by atoms with Crippen LogP contribution in [0.4, 0.5) is 26.0 Å². The van der Waals surface area contributed by atoms with Gasteiger partial charge in [-0.25, -0.2) is 23.7 Å². The van der Waals surface area contributed by atoms with Gasteiger partial charge in [-0.3, -0.25) is 28.8 Å². The molecule has 3 aromatic heterocycles. The molecule has 2 aliphatic carbocycles. The molecule has 0 bridgehead atoms. The van der Waals surface area contributed by atoms with Gasteiger partial charge in [-0.15, -0.1) is 11.3 Å². The molecular weight excluding hydrogens is 1290 g/mol. The SMILES string of the molecule is Cc1cc(F)c(Nc2nc(-c3ccc4c(c3)N([C@H]3C[C@@H](N5CCCCC5)C3)C(=O)C43CCN(C(=O)CCCCCCCCCOc4cc(-c5scnc5C)ccc4CNC(=O)[C@@H]4C[C@@H](O)CN4C(=O)[C@@H](NC(=O)C4(F)CC4)C(C)(C)C)CC3)cc3ncn(C(C)C)c23)cc1C(=O)NC(C)C. The van der Waals surface area contributed by atoms with E-state index in [4.69, 9.17) is 14.7 Å². The van der Waals surface area contributed by atoms with Gasteiger partial charge in [0.05, 0.1) is 57.4 Å². The number of anilines is 3. The topological polar surface area (TPSA) is 237 Å². The van der Waals surface area contributed by atoms with E-state index in [1.54, 1.807) is 45.6 Å². The van der Waals surface area contributed by atoms with Crippen molar-refractivity contribution in [3.8, 4) is 27.4 Å². The molecule has 0 radical (unpaired) electrons. The number of alkyl halides is 1. The number of benzene rings is 3. The number of amides is 6. The van der Waals surface area contributed by atoms with E-state index in [1.165, 1.54) is 41.6 Å². The summed E-state index contributed by atoms with van der Waals surface area (Å²) in [4.78, 5) is 107. The number of β-amino-alcohol motifs (C(OH)–C–C–N with tert-alkyl or cyclic N) is 1. The standard InChI is InChI=1S/C77H100F2N12O8S/c1-46(2)83-70(94)56-40-60(58(78)34-48(56)5)85-69-66-61(81-44-90(66)47(3)4)41-59(84-69)50-23-24-57-62(35-50)91(54-37-53(38-54)87-29-17-15-18-30-87)74(98)76(57)27-31-88(32-28-76)65(93)20-16-13-11-10-12-14-19-33-99-64-36-51(67-49(6)82-45-100-67)21-22-52(64)42-80-71(95)63-39-55(92)43-89(63)72(96)68(75(7,8)9)86-73(97)77(79)25-26-77/h21-24,34-36,40-41,44-47,53-55,63,68,92H,10-20,25-33,37-39,42-43H2,1-9H3,(H,80,95)(H,83,94)(H,84,85)(H,86,97)/t53-,54+,55-,63+,68-/m1/s1. The number of halogens is 2. The van der Waals surface area contributed by atoms with Crippen LogP contribution in [-0.4, -0.2) is 156 Å². The quantitative estimate of drug-likeness (QED) is 0.0318. The summed E-state index contributed by atoms with van der Waals surface area (Å²) < 4.78 is 39.2. The van der Waals surface area contributed by atoms with Crippen LogP contribution in [0.5, 0.6) is 5.75 Å². The average Bonchev–Trinajstić information content (AvgIpc) is 1.55. The number of fused-ring (bicyclic) bond motifs is 3. The van der Waals surface area contributed by atoms with E-state index in [0.29, 0.717) is 84.4 Å². The number of aromatic nitrogens is 4. The molecule has 6 amide bonds. The number of thiazole rings is 1. The second-order valence-electron chi connectivity index (χ2n) is 30.6. The van der Waals surface area contributed by atoms with Crippen molar-refractivity contribution >= 4 is 75.0 Å². The molecule has 20 nitrogen and oxygen atoms in total. The summed E-state index contributed by atoms with van der Waals surface area (Å²) in [5, 5.41) is 22.6. The molecule has 6 aromatic rings. The highest BCUT2D eigenvalue weighted by Gasteiger charge is 2.57. The first-order valence-corrected chi connectivity index (χ1v) is 37.4. The summed E-state index contributed by atoms with van der Waals surface area (Å²) in [6.45, 7) is 20.5. The molecular formula is C77H100F2N12O8S. The van der Waals surface area contributed by atoms with Crippen molar-refractivity contribution in [1.82, 2.24) is 50.2 Å². The van der Waals surface area contributed by atoms with Gasteiger partial charge in [-0.05, 0) is 171 Å². The maximum absolute atomic E-state index is 16.0. The summed E-state index contributed by atoms with van der Waals surface area (Å²) in [6, 6.07) is 15.2. The van der Waals surface area contributed by atoms with Gasteiger partial charge in [0.25, 0.3) is 11.8 Å². The van der Waals surface area contributed by atoms with Crippen molar-refractivity contribution in [3.05, 3.63) is 100 Å². The molecule has 3 saturated heterocycles. The van der Waals surface area contributed by atoms with Crippen LogP contribution in [0.15, 0.2) is 66.4 Å². The van der Waals surface area contributed by atoms with Gasteiger partial charge in [0, 0.05) is 85.6 Å². The number of likely N-dealkylation sites (tertiary alicyclic amines) is 3. The molecule has 23 heteroatoms. The Labute approximate surface area is 590 Å². The van der Waals surface area contributed by atoms with Crippen LogP contribution in [0, 0.1) is 25.1 Å². The average molecular weight is 1390 g/mol. The minimum absolute atomic E-state index is 0.00792. The number of aliphatic hydroxyl groups excluding tert-OH is 1. The lowest BCUT2D eigenvalue weighted by Gasteiger charge is -2.48. The van der Waals surface area contributed by atoms with Crippen molar-refractivity contribution in [1.29, 1.82) is 0 Å². The molecule has 2 saturated carbocycles. The highest BCUT2D eigenvalue weighted by molar-refractivity contribution is 7.13. The smallest absolute Gasteiger partial charge is 0.258 e. The van der Waals surface area contributed by atoms with E-state index in [0.717, 1.165) is 109 Å². The molecule has 1 spiro atoms. The van der Waals surface area contributed by atoms with Crippen molar-refractivity contribution in [3.63, 3.8) is 0 Å². The molecule has 5 N–H and O–H groups in total. The van der Waals surface area contributed by atoms with E-state index in [9.17, 15) is 33.5 Å². The number of imidazole rings is 1. The van der Waals surface area contributed by atoms with Gasteiger partial charge in [-0.2, -0.15) is 0 Å². The fourth-order valence-electron chi connectivity index (χ4n) is 15.4. The van der Waals surface area contributed by atoms with Gasteiger partial charge >= 0.3 is 0 Å². The molecule has 3 aromatic carbocycles. The Morgan fingerprint density at radius 3 is 2.20 bits per heavy atom. The maximum atomic E-state index is 16.0. The molecule has 100 heavy (non-hydrogen) atoms. The minimum atomic E-state index is -1.99. The van der Waals surface area contributed by atoms with Crippen LogP contribution >= 0.6 is 11.3 Å². The molecule has 4 aliphatic heterocycles. The van der Waals surface area contributed by atoms with E-state index < -0.39 is 58.2 Å². The number of nitrogens with zero attached hydrogens (tertiary/aromatic N) is 8. The van der Waals surface area contributed by atoms with Gasteiger partial charge in [0.2, 0.25) is 23.6 Å². The Morgan fingerprint density at radius 2 is 1.52 bits per heavy atom. The Bertz CT molecular complexity index is 4030. The zero-order valence-electron chi connectivity index (χ0n) is 59.6. The normalized spacial score (nSPS) is 20.6. The number of carbonyl (C=O) groups excluding carboxylic acids is 6. The monoisotopic (exact) mass is 1390 g/mol. The lowest BCUT2D eigenvalue weighted by atomic mass is 9.73. The van der Waals surface area contributed by atoms with Gasteiger partial charge in [0.15, 0.2) is 11.5 Å². The van der Waals surface area contributed by atoms with Crippen LogP contribution in [0.1, 0.15) is 203 Å². The molecule has 5 fully saturated rings. The third-order valence-corrected chi connectivity index (χ3v) is 22.5. The number of nitrogens with one attached hydrogen (secondary N) is 4. The van der Waals surface area contributed by atoms with Crippen LogP contribution in [-0.2, 0) is 35.9 Å². The summed E-state index contributed by atoms with van der Waals surface area (Å²) in [5.41, 5.74) is 6.46. The van der Waals surface area contributed by atoms with Crippen molar-refractivity contribution < 1.29 is 47.4 Å². The second kappa shape index (κ2) is 30.0. The highest BCUT2D eigenvalue weighted by atomic mass is 32.1. The van der Waals surface area contributed by atoms with Crippen molar-refractivity contribution in [2.75, 3.05) is 49.5 Å². The number of ether oxygens (including phenoxy) is 1. The predicted molar refractivity (Wildman–Crippen MR) is 385 cm³/mol. The number of hydrogen-bond donors (Lipinski definition) is 5. The fraction of sp³-hybridized carbons (Fsp3) is 0.571. The third-order valence-electron chi connectivity index (χ3n) is 21.5. The first-order chi connectivity index (χ1) is 47.8. The van der Waals surface area contributed by atoms with Crippen molar-refractivity contribution in [2.45, 2.75) is 238 Å². The number of hydrogen-bond acceptors (Lipinski definition) is 14. The number of aliphatic hydroxyl groups is 1. The maximum Gasteiger partial charge on any atom is 0.258 e. The van der Waals surface area contributed by atoms with E-state index in [2.05, 4.69) is 48.2 Å². The number of pyridine rings is 1. The Balaban J connectivity index is 0.646. The molecule has 7 heterocycles. The molecule has 6 aliphatic rings. The van der Waals surface area contributed by atoms with Crippen LogP contribution in [0.25, 0.3) is 32.7 Å². The van der Waals surface area contributed by atoms with E-state index in [-0.39, 0.29) is 73.9 Å². The van der Waals surface area contributed by atoms with Gasteiger partial charge in [0.1, 0.15) is 29.2 Å². The molecule has 536 valence electrons. The fourth-order valence-corrected chi connectivity index (χ4v) is 16.2. The first-order valence-electron chi connectivity index (χ1n) is 36.5. The summed E-state index contributed by atoms with van der Waals surface area (Å²) in [7, 11) is 0. The van der Waals surface area contributed by atoms with Crippen LogP contribution in [0.3, 0.4) is 0 Å². The van der Waals surface area contributed by atoms with E-state index >= 15 is 9.18 Å². The first kappa shape index (κ1) is 71.9. The van der Waals surface area contributed by atoms with Gasteiger partial charge in [-0.1, -0.05) is 83.6 Å². The number of rotatable bonds is 26. The lowest BCUT2D eigenvalue weighted by molar-refractivity contribution is -0.145. The van der Waals surface area contributed by atoms with E-state index in [1.807, 2.05) is 74.4 Å². The van der Waals surface area contributed by atoms with Crippen LogP contribution in [0.2, 0.25) is 0 Å². The summed E-state index contributed by atoms with van der Waals surface area (Å²) in [6.07, 6.45) is 14.5. The summed E-state index contributed by atoms with van der Waals surface area (Å²) >= 11 is 1.53. The predicted octanol–water partition coefficient (Wildman–Crippen LogP) is 12.5. The molecule has 0 unspecified atom stereocenters. The summed E-state index contributed by atoms with van der Waals surface area (Å²) in [5.74, 6) is -1.39. The lowest BCUT2D eigenvalue weighted by Crippen LogP contribution is -2.59. The molecule has 12 rings (SSSR count). The second-order valence-corrected chi connectivity index (χ2v) is 31.5. The van der Waals surface area contributed by atoms with Gasteiger partial charge < -0.3 is 55.3 Å². The Hall–Kier alpha value is -7.89. The number of carbonyl (C=O) groups is 6. The third kappa shape index (κ3) is 15.3. The Kier molecular flexibility index (Phi) is 21.6. The van der Waals surface area contributed by atoms with Crippen LogP contribution < -0.4 is 30.9 Å². The Morgan fingerprint density at radius 1 is 0.810 bits per heavy atom. The number of piperidine rings is 2.